The van der Waals surface area contributed by atoms with E-state index in [4.69, 9.17) is 11.6 Å². The summed E-state index contributed by atoms with van der Waals surface area (Å²) >= 11 is 7.36. The summed E-state index contributed by atoms with van der Waals surface area (Å²) in [7, 11) is 0. The molecule has 4 aromatic rings. The molecule has 102 valence electrons. The zero-order valence-corrected chi connectivity index (χ0v) is 12.1. The fourth-order valence-electron chi connectivity index (χ4n) is 1.90. The summed E-state index contributed by atoms with van der Waals surface area (Å²) in [5, 5.41) is 14.3. The molecule has 3 heterocycles. The quantitative estimate of drug-likeness (QED) is 0.569. The lowest BCUT2D eigenvalue weighted by Crippen LogP contribution is -1.93. The molecule has 6 nitrogen and oxygen atoms in total. The highest BCUT2D eigenvalue weighted by molar-refractivity contribution is 7.19. The van der Waals surface area contributed by atoms with Gasteiger partial charge in [-0.2, -0.15) is 9.61 Å². The van der Waals surface area contributed by atoms with E-state index < -0.39 is 0 Å². The van der Waals surface area contributed by atoms with Crippen LogP contribution in [-0.2, 0) is 0 Å². The van der Waals surface area contributed by atoms with Crippen molar-refractivity contribution in [2.75, 3.05) is 0 Å². The van der Waals surface area contributed by atoms with E-state index in [2.05, 4.69) is 25.3 Å². The Bertz CT molecular complexity index is 899. The van der Waals surface area contributed by atoms with E-state index in [0.29, 0.717) is 21.5 Å². The van der Waals surface area contributed by atoms with Crippen LogP contribution < -0.4 is 0 Å². The molecule has 3 aromatic heterocycles. The molecule has 0 atom stereocenters. The van der Waals surface area contributed by atoms with Crippen molar-refractivity contribution in [3.63, 3.8) is 0 Å². The monoisotopic (exact) mass is 314 g/mol. The zero-order valence-electron chi connectivity index (χ0n) is 10.5. The molecule has 21 heavy (non-hydrogen) atoms. The number of halogens is 1. The largest absolute Gasteiger partial charge is 0.261 e. The summed E-state index contributed by atoms with van der Waals surface area (Å²) in [5.41, 5.74) is 1.62. The van der Waals surface area contributed by atoms with Gasteiger partial charge in [0.15, 0.2) is 0 Å². The van der Waals surface area contributed by atoms with E-state index in [0.717, 1.165) is 10.6 Å². The SMILES string of the molecule is Clc1ccc(-c2nn3c(-c4cnccn4)nnc3s2)cc1. The lowest BCUT2D eigenvalue weighted by atomic mass is 10.2. The Morgan fingerprint density at radius 3 is 2.67 bits per heavy atom. The van der Waals surface area contributed by atoms with E-state index in [1.54, 1.807) is 23.1 Å². The molecule has 0 radical (unpaired) electrons. The topological polar surface area (TPSA) is 68.9 Å². The summed E-state index contributed by atoms with van der Waals surface area (Å²) in [6.07, 6.45) is 4.86. The molecule has 0 aliphatic heterocycles. The summed E-state index contributed by atoms with van der Waals surface area (Å²) in [4.78, 5) is 8.97. The van der Waals surface area contributed by atoms with Crippen molar-refractivity contribution < 1.29 is 0 Å². The first-order valence-electron chi connectivity index (χ1n) is 6.06. The van der Waals surface area contributed by atoms with Gasteiger partial charge in [0.05, 0.1) is 6.20 Å². The van der Waals surface area contributed by atoms with Gasteiger partial charge in [0.25, 0.3) is 0 Å². The van der Waals surface area contributed by atoms with Gasteiger partial charge in [-0.15, -0.1) is 10.2 Å². The van der Waals surface area contributed by atoms with Crippen LogP contribution in [0.5, 0.6) is 0 Å². The van der Waals surface area contributed by atoms with Crippen molar-refractivity contribution in [3.8, 4) is 22.1 Å². The standard InChI is InChI=1S/C13H7ClN6S/c14-9-3-1-8(2-4-9)12-19-20-11(17-18-13(20)21-12)10-7-15-5-6-16-10/h1-7H. The molecule has 0 saturated heterocycles. The zero-order chi connectivity index (χ0) is 14.2. The van der Waals surface area contributed by atoms with Crippen LogP contribution in [0.3, 0.4) is 0 Å². The highest BCUT2D eigenvalue weighted by Crippen LogP contribution is 2.28. The Labute approximate surface area is 128 Å². The molecule has 4 rings (SSSR count). The molecule has 0 saturated carbocycles. The third-order valence-corrected chi connectivity index (χ3v) is 4.07. The number of rotatable bonds is 2. The number of aromatic nitrogens is 6. The lowest BCUT2D eigenvalue weighted by Gasteiger charge is -1.96. The van der Waals surface area contributed by atoms with Crippen LogP contribution in [-0.4, -0.2) is 29.8 Å². The fraction of sp³-hybridized carbons (Fsp3) is 0. The van der Waals surface area contributed by atoms with E-state index in [9.17, 15) is 0 Å². The molecule has 0 N–H and O–H groups in total. The van der Waals surface area contributed by atoms with Crippen molar-refractivity contribution in [1.82, 2.24) is 29.8 Å². The van der Waals surface area contributed by atoms with Gasteiger partial charge in [0, 0.05) is 23.0 Å². The number of fused-ring (bicyclic) bond motifs is 1. The van der Waals surface area contributed by atoms with Crippen LogP contribution in [0.2, 0.25) is 5.02 Å². The Hall–Kier alpha value is -2.38. The van der Waals surface area contributed by atoms with Crippen LogP contribution in [0.15, 0.2) is 42.9 Å². The Kier molecular flexibility index (Phi) is 2.87. The molecule has 0 amide bonds. The highest BCUT2D eigenvalue weighted by Gasteiger charge is 2.15. The minimum absolute atomic E-state index is 0.578. The molecular formula is C13H7ClN6S. The van der Waals surface area contributed by atoms with Crippen LogP contribution >= 0.6 is 22.9 Å². The molecule has 0 unspecified atom stereocenters. The van der Waals surface area contributed by atoms with Gasteiger partial charge in [0.1, 0.15) is 10.7 Å². The molecule has 0 spiro atoms. The number of hydrogen-bond donors (Lipinski definition) is 0. The second-order valence-electron chi connectivity index (χ2n) is 4.22. The van der Waals surface area contributed by atoms with Crippen molar-refractivity contribution in [3.05, 3.63) is 47.9 Å². The number of benzene rings is 1. The average Bonchev–Trinajstić information content (AvgIpc) is 3.09. The minimum Gasteiger partial charge on any atom is -0.261 e. The first-order chi connectivity index (χ1) is 10.3. The van der Waals surface area contributed by atoms with Gasteiger partial charge in [-0.05, 0) is 12.1 Å². The second kappa shape index (κ2) is 4.87. The van der Waals surface area contributed by atoms with Crippen LogP contribution in [0.1, 0.15) is 0 Å². The molecule has 0 bridgehead atoms. The third kappa shape index (κ3) is 2.16. The smallest absolute Gasteiger partial charge is 0.235 e. The predicted octanol–water partition coefficient (Wildman–Crippen LogP) is 2.96. The number of hydrogen-bond acceptors (Lipinski definition) is 6. The van der Waals surface area contributed by atoms with Crippen molar-refractivity contribution in [1.29, 1.82) is 0 Å². The normalized spacial score (nSPS) is 11.1. The summed E-state index contributed by atoms with van der Waals surface area (Å²) < 4.78 is 1.68. The minimum atomic E-state index is 0.578. The maximum atomic E-state index is 5.90. The third-order valence-electron chi connectivity index (χ3n) is 2.87. The molecule has 8 heteroatoms. The fourth-order valence-corrected chi connectivity index (χ4v) is 2.87. The van der Waals surface area contributed by atoms with E-state index in [1.807, 2.05) is 24.3 Å². The van der Waals surface area contributed by atoms with Gasteiger partial charge in [-0.1, -0.05) is 35.1 Å². The first kappa shape index (κ1) is 12.4. The van der Waals surface area contributed by atoms with E-state index >= 15 is 0 Å². The highest BCUT2D eigenvalue weighted by atomic mass is 35.5. The lowest BCUT2D eigenvalue weighted by molar-refractivity contribution is 0.957. The maximum Gasteiger partial charge on any atom is 0.235 e. The summed E-state index contributed by atoms with van der Waals surface area (Å²) in [6, 6.07) is 7.53. The molecule has 0 aliphatic carbocycles. The van der Waals surface area contributed by atoms with E-state index in [-0.39, 0.29) is 0 Å². The molecule has 1 aromatic carbocycles. The molecular weight excluding hydrogens is 308 g/mol. The van der Waals surface area contributed by atoms with E-state index in [1.165, 1.54) is 11.3 Å². The van der Waals surface area contributed by atoms with Crippen molar-refractivity contribution >= 4 is 27.9 Å². The Morgan fingerprint density at radius 1 is 1.05 bits per heavy atom. The summed E-state index contributed by atoms with van der Waals surface area (Å²) in [6.45, 7) is 0. The Balaban J connectivity index is 1.84. The van der Waals surface area contributed by atoms with Crippen molar-refractivity contribution in [2.45, 2.75) is 0 Å². The molecule has 0 fully saturated rings. The first-order valence-corrected chi connectivity index (χ1v) is 7.25. The van der Waals surface area contributed by atoms with Gasteiger partial charge >= 0.3 is 0 Å². The average molecular weight is 315 g/mol. The molecule has 0 aliphatic rings. The maximum absolute atomic E-state index is 5.90. The summed E-state index contributed by atoms with van der Waals surface area (Å²) in [5.74, 6) is 0.578. The van der Waals surface area contributed by atoms with Gasteiger partial charge in [-0.3, -0.25) is 4.98 Å². The Morgan fingerprint density at radius 2 is 1.90 bits per heavy atom. The second-order valence-corrected chi connectivity index (χ2v) is 5.62. The van der Waals surface area contributed by atoms with Crippen LogP contribution in [0.4, 0.5) is 0 Å². The van der Waals surface area contributed by atoms with Gasteiger partial charge < -0.3 is 0 Å². The van der Waals surface area contributed by atoms with Gasteiger partial charge in [-0.25, -0.2) is 4.98 Å². The van der Waals surface area contributed by atoms with Crippen LogP contribution in [0, 0.1) is 0 Å². The van der Waals surface area contributed by atoms with Crippen LogP contribution in [0.25, 0.3) is 27.1 Å². The van der Waals surface area contributed by atoms with Gasteiger partial charge in [0.2, 0.25) is 10.8 Å². The van der Waals surface area contributed by atoms with Crippen molar-refractivity contribution in [2.24, 2.45) is 0 Å². The number of nitrogens with zero attached hydrogens (tertiary/aromatic N) is 6. The predicted molar refractivity (Wildman–Crippen MR) is 80.1 cm³/mol.